The number of hydrogen-bond acceptors (Lipinski definition) is 5. The number of hydrogen-bond donors (Lipinski definition) is 1. The van der Waals surface area contributed by atoms with Gasteiger partial charge in [0.05, 0.1) is 17.5 Å². The minimum absolute atomic E-state index is 0.0362. The predicted molar refractivity (Wildman–Crippen MR) is 124 cm³/mol. The third-order valence-electron chi connectivity index (χ3n) is 5.52. The second kappa shape index (κ2) is 9.44. The molecule has 0 aliphatic carbocycles. The van der Waals surface area contributed by atoms with E-state index >= 15 is 0 Å². The lowest BCUT2D eigenvalue weighted by atomic mass is 9.99. The standard InChI is InChI=1S/C25H23N5O3/c1-17-24(30(32)33)18(2)29(28-17)16-19-8-10-22(11-9-19)25(31)27-23(20-6-4-3-5-7-20)21-12-14-26-15-13-21/h3-15,23H,16H2,1-2H3,(H,27,31). The minimum atomic E-state index is -0.409. The lowest BCUT2D eigenvalue weighted by Crippen LogP contribution is -2.29. The number of rotatable bonds is 7. The number of carbonyl (C=O) groups excluding carboxylic acids is 1. The monoisotopic (exact) mass is 441 g/mol. The Labute approximate surface area is 191 Å². The number of aromatic nitrogens is 3. The first-order chi connectivity index (χ1) is 15.9. The van der Waals surface area contributed by atoms with Crippen LogP contribution in [0.1, 0.15) is 44.5 Å². The fourth-order valence-corrected chi connectivity index (χ4v) is 3.82. The smallest absolute Gasteiger partial charge is 0.312 e. The van der Waals surface area contributed by atoms with Crippen LogP contribution in [0.3, 0.4) is 0 Å². The second-order valence-electron chi connectivity index (χ2n) is 7.73. The Kier molecular flexibility index (Phi) is 6.26. The molecule has 0 fully saturated rings. The number of benzene rings is 2. The zero-order valence-corrected chi connectivity index (χ0v) is 18.3. The van der Waals surface area contributed by atoms with Gasteiger partial charge in [0, 0.05) is 18.0 Å². The van der Waals surface area contributed by atoms with E-state index in [1.165, 1.54) is 0 Å². The van der Waals surface area contributed by atoms with Gasteiger partial charge >= 0.3 is 5.69 Å². The second-order valence-corrected chi connectivity index (χ2v) is 7.73. The summed E-state index contributed by atoms with van der Waals surface area (Å²) in [5.74, 6) is -0.200. The van der Waals surface area contributed by atoms with Crippen molar-refractivity contribution in [3.8, 4) is 0 Å². The van der Waals surface area contributed by atoms with Crippen LogP contribution in [0.5, 0.6) is 0 Å². The molecular weight excluding hydrogens is 418 g/mol. The highest BCUT2D eigenvalue weighted by molar-refractivity contribution is 5.94. The molecule has 4 rings (SSSR count). The average molecular weight is 441 g/mol. The molecule has 8 nitrogen and oxygen atoms in total. The number of carbonyl (C=O) groups is 1. The van der Waals surface area contributed by atoms with Crippen LogP contribution in [0.4, 0.5) is 5.69 Å². The summed E-state index contributed by atoms with van der Waals surface area (Å²) in [6.07, 6.45) is 3.41. The zero-order chi connectivity index (χ0) is 23.4. The number of aryl methyl sites for hydroxylation is 1. The molecule has 4 aromatic rings. The van der Waals surface area contributed by atoms with Crippen LogP contribution >= 0.6 is 0 Å². The van der Waals surface area contributed by atoms with Gasteiger partial charge in [-0.15, -0.1) is 0 Å². The van der Waals surface area contributed by atoms with Gasteiger partial charge < -0.3 is 5.32 Å². The van der Waals surface area contributed by atoms with Crippen LogP contribution in [-0.4, -0.2) is 25.6 Å². The van der Waals surface area contributed by atoms with Crippen molar-refractivity contribution >= 4 is 11.6 Å². The lowest BCUT2D eigenvalue weighted by molar-refractivity contribution is -0.386. The van der Waals surface area contributed by atoms with Crippen LogP contribution in [-0.2, 0) is 6.54 Å². The summed E-state index contributed by atoms with van der Waals surface area (Å²) in [7, 11) is 0. The first kappa shape index (κ1) is 21.9. The highest BCUT2D eigenvalue weighted by Crippen LogP contribution is 2.24. The Bertz CT molecular complexity index is 1230. The molecule has 166 valence electrons. The molecule has 0 bridgehead atoms. The van der Waals surface area contributed by atoms with E-state index in [0.717, 1.165) is 16.7 Å². The summed E-state index contributed by atoms with van der Waals surface area (Å²) < 4.78 is 1.61. The molecular formula is C25H23N5O3. The van der Waals surface area contributed by atoms with Crippen molar-refractivity contribution in [1.82, 2.24) is 20.1 Å². The summed E-state index contributed by atoms with van der Waals surface area (Å²) in [6.45, 7) is 3.69. The van der Waals surface area contributed by atoms with E-state index in [9.17, 15) is 14.9 Å². The van der Waals surface area contributed by atoms with E-state index in [4.69, 9.17) is 0 Å². The van der Waals surface area contributed by atoms with Crippen molar-refractivity contribution in [2.75, 3.05) is 0 Å². The molecule has 0 saturated carbocycles. The summed E-state index contributed by atoms with van der Waals surface area (Å²) in [5, 5.41) is 18.6. The molecule has 1 atom stereocenters. The van der Waals surface area contributed by atoms with E-state index in [0.29, 0.717) is 23.5 Å². The third-order valence-corrected chi connectivity index (χ3v) is 5.52. The van der Waals surface area contributed by atoms with Crippen molar-refractivity contribution < 1.29 is 9.72 Å². The molecule has 2 aromatic carbocycles. The van der Waals surface area contributed by atoms with Gasteiger partial charge in [0.2, 0.25) is 0 Å². The summed E-state index contributed by atoms with van der Waals surface area (Å²) in [5.41, 5.74) is 4.24. The van der Waals surface area contributed by atoms with Crippen molar-refractivity contribution in [1.29, 1.82) is 0 Å². The summed E-state index contributed by atoms with van der Waals surface area (Å²) in [6, 6.07) is 20.4. The maximum atomic E-state index is 13.0. The quantitative estimate of drug-likeness (QED) is 0.339. The molecule has 0 radical (unpaired) electrons. The Morgan fingerprint density at radius 1 is 1.00 bits per heavy atom. The van der Waals surface area contributed by atoms with Gasteiger partial charge in [0.25, 0.3) is 5.91 Å². The summed E-state index contributed by atoms with van der Waals surface area (Å²) in [4.78, 5) is 27.9. The van der Waals surface area contributed by atoms with Gasteiger partial charge in [0.1, 0.15) is 11.4 Å². The van der Waals surface area contributed by atoms with Crippen LogP contribution in [0.2, 0.25) is 0 Å². The number of pyridine rings is 1. The maximum absolute atomic E-state index is 13.0. The van der Waals surface area contributed by atoms with Crippen molar-refractivity contribution in [2.24, 2.45) is 0 Å². The number of nitrogens with zero attached hydrogens (tertiary/aromatic N) is 4. The molecule has 1 amide bonds. The van der Waals surface area contributed by atoms with E-state index in [1.54, 1.807) is 43.1 Å². The largest absolute Gasteiger partial charge is 0.341 e. The van der Waals surface area contributed by atoms with Gasteiger partial charge in [-0.25, -0.2) is 0 Å². The highest BCUT2D eigenvalue weighted by atomic mass is 16.6. The van der Waals surface area contributed by atoms with Crippen LogP contribution < -0.4 is 5.32 Å². The van der Waals surface area contributed by atoms with Gasteiger partial charge in [-0.3, -0.25) is 24.6 Å². The molecule has 0 aliphatic rings. The molecule has 1 N–H and O–H groups in total. The van der Waals surface area contributed by atoms with Crippen LogP contribution in [0.25, 0.3) is 0 Å². The first-order valence-corrected chi connectivity index (χ1v) is 10.5. The van der Waals surface area contributed by atoms with E-state index in [-0.39, 0.29) is 17.6 Å². The molecule has 8 heteroatoms. The fraction of sp³-hybridized carbons (Fsp3) is 0.160. The molecule has 0 spiro atoms. The Balaban J connectivity index is 1.52. The molecule has 33 heavy (non-hydrogen) atoms. The SMILES string of the molecule is Cc1nn(Cc2ccc(C(=O)NC(c3ccccc3)c3ccncc3)cc2)c(C)c1[N+](=O)[O-]. The zero-order valence-electron chi connectivity index (χ0n) is 18.3. The summed E-state index contributed by atoms with van der Waals surface area (Å²) >= 11 is 0. The van der Waals surface area contributed by atoms with E-state index in [1.807, 2.05) is 54.6 Å². The number of nitrogens with one attached hydrogen (secondary N) is 1. The molecule has 0 saturated heterocycles. The Hall–Kier alpha value is -4.33. The average Bonchev–Trinajstić information content (AvgIpc) is 3.11. The molecule has 1 unspecified atom stereocenters. The van der Waals surface area contributed by atoms with Crippen molar-refractivity contribution in [3.63, 3.8) is 0 Å². The number of amides is 1. The maximum Gasteiger partial charge on any atom is 0.312 e. The van der Waals surface area contributed by atoms with Crippen LogP contribution in [0.15, 0.2) is 79.1 Å². The minimum Gasteiger partial charge on any atom is -0.341 e. The van der Waals surface area contributed by atoms with Gasteiger partial charge in [-0.2, -0.15) is 5.10 Å². The van der Waals surface area contributed by atoms with Crippen molar-refractivity contribution in [2.45, 2.75) is 26.4 Å². The Morgan fingerprint density at radius 2 is 1.64 bits per heavy atom. The van der Waals surface area contributed by atoms with E-state index in [2.05, 4.69) is 15.4 Å². The number of nitro groups is 1. The Morgan fingerprint density at radius 3 is 2.24 bits per heavy atom. The normalized spacial score (nSPS) is 11.7. The first-order valence-electron chi connectivity index (χ1n) is 10.5. The van der Waals surface area contributed by atoms with E-state index < -0.39 is 4.92 Å². The highest BCUT2D eigenvalue weighted by Gasteiger charge is 2.22. The van der Waals surface area contributed by atoms with Gasteiger partial charge in [-0.05, 0) is 54.8 Å². The third kappa shape index (κ3) is 4.79. The molecule has 2 aromatic heterocycles. The predicted octanol–water partition coefficient (Wildman–Crippen LogP) is 4.37. The topological polar surface area (TPSA) is 103 Å². The van der Waals surface area contributed by atoms with Gasteiger partial charge in [-0.1, -0.05) is 42.5 Å². The van der Waals surface area contributed by atoms with Crippen molar-refractivity contribution in [3.05, 3.63) is 123 Å². The fourth-order valence-electron chi connectivity index (χ4n) is 3.82. The lowest BCUT2D eigenvalue weighted by Gasteiger charge is -2.20. The molecule has 0 aliphatic heterocycles. The van der Waals surface area contributed by atoms with Gasteiger partial charge in [0.15, 0.2) is 0 Å². The van der Waals surface area contributed by atoms with Crippen LogP contribution in [0, 0.1) is 24.0 Å². The molecule has 2 heterocycles.